The number of rotatable bonds is 8. The Morgan fingerprint density at radius 1 is 1.26 bits per heavy atom. The molecule has 3 N–H and O–H groups in total. The fraction of sp³-hybridized carbons (Fsp3) is 0.444. The highest BCUT2D eigenvalue weighted by molar-refractivity contribution is 5.76. The van der Waals surface area contributed by atoms with Gasteiger partial charge in [-0.2, -0.15) is 4.98 Å². The van der Waals surface area contributed by atoms with E-state index in [9.17, 15) is 9.59 Å². The van der Waals surface area contributed by atoms with Crippen molar-refractivity contribution in [2.24, 2.45) is 5.73 Å². The van der Waals surface area contributed by atoms with Crippen LogP contribution in [0.2, 0.25) is 0 Å². The van der Waals surface area contributed by atoms with Gasteiger partial charge in [0.2, 0.25) is 5.95 Å². The number of nitrogens with one attached hydrogen (secondary N) is 1. The molecule has 1 fully saturated rings. The summed E-state index contributed by atoms with van der Waals surface area (Å²) in [6, 6.07) is 3.02. The van der Waals surface area contributed by atoms with E-state index >= 15 is 0 Å². The molecule has 0 bridgehead atoms. The number of piperidine rings is 1. The van der Waals surface area contributed by atoms with Gasteiger partial charge in [0.05, 0.1) is 31.4 Å². The number of ether oxygens (including phenoxy) is 1. The Morgan fingerprint density at radius 2 is 2.03 bits per heavy atom. The van der Waals surface area contributed by atoms with Crippen molar-refractivity contribution in [3.63, 3.8) is 0 Å². The zero-order valence-corrected chi connectivity index (χ0v) is 22.6. The monoisotopic (exact) mass is 533 g/mol. The number of nitrogens with two attached hydrogens (primary N) is 1. The molecule has 3 aromatic rings. The lowest BCUT2D eigenvalue weighted by atomic mass is 10.0. The summed E-state index contributed by atoms with van der Waals surface area (Å²) in [5.74, 6) is 1.56. The van der Waals surface area contributed by atoms with Crippen molar-refractivity contribution in [3.8, 4) is 5.82 Å². The van der Waals surface area contributed by atoms with Gasteiger partial charge in [0.15, 0.2) is 11.5 Å². The summed E-state index contributed by atoms with van der Waals surface area (Å²) in [5, 5.41) is 8.22. The molecule has 1 unspecified atom stereocenters. The summed E-state index contributed by atoms with van der Waals surface area (Å²) < 4.78 is 10.2. The number of hydrogen-bond acceptors (Lipinski definition) is 9. The third-order valence-corrected chi connectivity index (χ3v) is 7.08. The van der Waals surface area contributed by atoms with Gasteiger partial charge in [-0.05, 0) is 45.3 Å². The van der Waals surface area contributed by atoms with Gasteiger partial charge in [0, 0.05) is 31.4 Å². The normalized spacial score (nSPS) is 18.3. The average Bonchev–Trinajstić information content (AvgIpc) is 3.20. The predicted octanol–water partition coefficient (Wildman–Crippen LogP) is 1.93. The molecule has 12 nitrogen and oxygen atoms in total. The summed E-state index contributed by atoms with van der Waals surface area (Å²) in [7, 11) is 1.67. The molecule has 5 rings (SSSR count). The van der Waals surface area contributed by atoms with Crippen molar-refractivity contribution in [2.45, 2.75) is 57.8 Å². The lowest BCUT2D eigenvalue weighted by Crippen LogP contribution is -2.40. The van der Waals surface area contributed by atoms with E-state index < -0.39 is 0 Å². The number of methoxy groups -OCH3 is 1. The Hall–Kier alpha value is -4.19. The highest BCUT2D eigenvalue weighted by Crippen LogP contribution is 2.27. The van der Waals surface area contributed by atoms with Gasteiger partial charge < -0.3 is 20.7 Å². The molecule has 0 spiro atoms. The van der Waals surface area contributed by atoms with Gasteiger partial charge in [-0.25, -0.2) is 19.0 Å². The lowest BCUT2D eigenvalue weighted by Gasteiger charge is -2.36. The van der Waals surface area contributed by atoms with Gasteiger partial charge in [0.1, 0.15) is 11.1 Å². The van der Waals surface area contributed by atoms with E-state index in [1.807, 2.05) is 19.9 Å². The second-order valence-corrected chi connectivity index (χ2v) is 10.1. The van der Waals surface area contributed by atoms with E-state index in [0.29, 0.717) is 22.8 Å². The third-order valence-electron chi connectivity index (χ3n) is 7.08. The van der Waals surface area contributed by atoms with Crippen LogP contribution >= 0.6 is 0 Å². The maximum atomic E-state index is 13.2. The molecular weight excluding hydrogens is 498 g/mol. The molecule has 0 aromatic carbocycles. The number of likely N-dealkylation sites (tertiary alicyclic amines) is 1. The molecule has 0 saturated carbocycles. The predicted molar refractivity (Wildman–Crippen MR) is 150 cm³/mol. The molecule has 39 heavy (non-hydrogen) atoms. The van der Waals surface area contributed by atoms with Gasteiger partial charge in [0.25, 0.3) is 11.1 Å². The van der Waals surface area contributed by atoms with Crippen molar-refractivity contribution >= 4 is 17.0 Å². The first-order valence-electron chi connectivity index (χ1n) is 13.2. The van der Waals surface area contributed by atoms with Gasteiger partial charge in [-0.15, -0.1) is 11.7 Å². The molecule has 206 valence electrons. The lowest BCUT2D eigenvalue weighted by molar-refractivity contribution is 0.220. The Kier molecular flexibility index (Phi) is 7.38. The molecule has 0 radical (unpaired) electrons. The number of nitrogens with zero attached hydrogens (tertiary/aromatic N) is 7. The fourth-order valence-electron chi connectivity index (χ4n) is 5.06. The summed E-state index contributed by atoms with van der Waals surface area (Å²) in [6.07, 6.45) is 9.98. The van der Waals surface area contributed by atoms with Crippen LogP contribution < -0.4 is 22.2 Å². The van der Waals surface area contributed by atoms with E-state index in [1.165, 1.54) is 21.6 Å². The minimum absolute atomic E-state index is 0.107. The van der Waals surface area contributed by atoms with Crippen LogP contribution in [0.1, 0.15) is 39.2 Å². The molecule has 3 aromatic heterocycles. The van der Waals surface area contributed by atoms with Crippen LogP contribution in [0.3, 0.4) is 0 Å². The number of anilines is 1. The van der Waals surface area contributed by atoms with Crippen molar-refractivity contribution < 1.29 is 4.74 Å². The highest BCUT2D eigenvalue weighted by atomic mass is 16.5. The number of allylic oxidation sites excluding steroid dienone is 1. The van der Waals surface area contributed by atoms with E-state index in [4.69, 9.17) is 15.5 Å². The Balaban J connectivity index is 1.49. The van der Waals surface area contributed by atoms with Crippen LogP contribution in [0, 0.1) is 0 Å². The van der Waals surface area contributed by atoms with Crippen LogP contribution in [-0.4, -0.2) is 66.3 Å². The van der Waals surface area contributed by atoms with E-state index in [-0.39, 0.29) is 35.8 Å². The van der Waals surface area contributed by atoms with E-state index in [1.54, 1.807) is 23.9 Å². The van der Waals surface area contributed by atoms with Crippen molar-refractivity contribution in [1.29, 1.82) is 0 Å². The van der Waals surface area contributed by atoms with Crippen LogP contribution in [0.4, 0.5) is 5.95 Å². The fourth-order valence-corrected chi connectivity index (χ4v) is 5.06. The quantitative estimate of drug-likeness (QED) is 0.416. The molecule has 12 heteroatoms. The summed E-state index contributed by atoms with van der Waals surface area (Å²) in [6.45, 7) is 9.58. The molecule has 0 amide bonds. The molecule has 1 aliphatic carbocycles. The average molecular weight is 534 g/mol. The first kappa shape index (κ1) is 26.4. The number of aromatic nitrogens is 6. The number of fused-ring (bicyclic) bond motifs is 1. The standard InChI is InChI=1S/C27H35N9O3/c1-5-12-34-26(38)20-16-29-27(31-25(20)36(34)23-8-9-24(37)35(32-23)17(2)3)30-19-6-7-21(22(15-19)39-4)33-13-10-18(28)11-14-33/h5,7-9,15-19H,1,6,10-14,28H2,2-4H3,(H,29,30,31). The van der Waals surface area contributed by atoms with E-state index in [2.05, 4.69) is 33.0 Å². The molecule has 1 aliphatic heterocycles. The first-order chi connectivity index (χ1) is 18.8. The molecule has 4 heterocycles. The number of hydrogen-bond donors (Lipinski definition) is 2. The van der Waals surface area contributed by atoms with Crippen molar-refractivity contribution in [1.82, 2.24) is 34.0 Å². The largest absolute Gasteiger partial charge is 0.495 e. The topological polar surface area (TPSA) is 138 Å². The SMILES string of the molecule is C=CCn1c(=O)c2cnc(NC3C=C(OC)C(N4CCC(N)CC4)=CC3)nc2n1-c1ccc(=O)n(C(C)C)n1. The highest BCUT2D eigenvalue weighted by Gasteiger charge is 2.25. The third kappa shape index (κ3) is 5.11. The second-order valence-electron chi connectivity index (χ2n) is 10.1. The van der Waals surface area contributed by atoms with Crippen LogP contribution in [-0.2, 0) is 11.3 Å². The van der Waals surface area contributed by atoms with Crippen molar-refractivity contribution in [2.75, 3.05) is 25.5 Å². The first-order valence-corrected chi connectivity index (χ1v) is 13.2. The van der Waals surface area contributed by atoms with Crippen LogP contribution in [0.5, 0.6) is 0 Å². The van der Waals surface area contributed by atoms with Gasteiger partial charge in [-0.3, -0.25) is 9.59 Å². The molecule has 1 atom stereocenters. The smallest absolute Gasteiger partial charge is 0.278 e. The summed E-state index contributed by atoms with van der Waals surface area (Å²) in [4.78, 5) is 37.0. The molecule has 2 aliphatic rings. The Morgan fingerprint density at radius 3 is 2.72 bits per heavy atom. The Labute approximate surface area is 226 Å². The second kappa shape index (κ2) is 10.9. The Bertz CT molecular complexity index is 1550. The van der Waals surface area contributed by atoms with Gasteiger partial charge >= 0.3 is 0 Å². The zero-order chi connectivity index (χ0) is 27.7. The van der Waals surface area contributed by atoms with E-state index in [0.717, 1.165) is 43.8 Å². The zero-order valence-electron chi connectivity index (χ0n) is 22.6. The minimum atomic E-state index is -0.270. The molecular formula is C27H35N9O3. The summed E-state index contributed by atoms with van der Waals surface area (Å²) >= 11 is 0. The van der Waals surface area contributed by atoms with Crippen LogP contribution in [0.25, 0.3) is 16.9 Å². The van der Waals surface area contributed by atoms with Gasteiger partial charge in [-0.1, -0.05) is 12.2 Å². The summed E-state index contributed by atoms with van der Waals surface area (Å²) in [5.41, 5.74) is 7.05. The van der Waals surface area contributed by atoms with Crippen LogP contribution in [0.15, 0.2) is 64.2 Å². The van der Waals surface area contributed by atoms with Crippen molar-refractivity contribution in [3.05, 3.63) is 75.3 Å². The maximum absolute atomic E-state index is 13.2. The minimum Gasteiger partial charge on any atom is -0.495 e. The maximum Gasteiger partial charge on any atom is 0.278 e. The molecule has 1 saturated heterocycles.